The lowest BCUT2D eigenvalue weighted by Gasteiger charge is -2.14. The maximum atomic E-state index is 12.9. The van der Waals surface area contributed by atoms with Gasteiger partial charge in [-0.25, -0.2) is 9.59 Å². The molecule has 0 bridgehead atoms. The highest BCUT2D eigenvalue weighted by Gasteiger charge is 2.32. The Bertz CT molecular complexity index is 881. The first-order chi connectivity index (χ1) is 10.6. The molecule has 0 saturated carbocycles. The van der Waals surface area contributed by atoms with Crippen LogP contribution in [0.3, 0.4) is 0 Å². The highest BCUT2D eigenvalue weighted by atomic mass is 19.4. The highest BCUT2D eigenvalue weighted by Crippen LogP contribution is 2.32. The maximum absolute atomic E-state index is 12.9. The van der Waals surface area contributed by atoms with Crippen LogP contribution in [-0.4, -0.2) is 20.6 Å². The standard InChI is InChI=1S/C14H11F3N2O4/c1-7-8(3-2-4-10(7)14(15,16)17)5-19-6-9(12(21)22)11(20)18-13(19)23/h2-4,6H,5H2,1H3,(H,21,22)(H,18,20,23). The highest BCUT2D eigenvalue weighted by molar-refractivity contribution is 5.86. The smallest absolute Gasteiger partial charge is 0.416 e. The van der Waals surface area contributed by atoms with Gasteiger partial charge in [0.25, 0.3) is 5.56 Å². The van der Waals surface area contributed by atoms with Crippen LogP contribution in [0.25, 0.3) is 0 Å². The van der Waals surface area contributed by atoms with Crippen molar-refractivity contribution in [3.63, 3.8) is 0 Å². The van der Waals surface area contributed by atoms with E-state index in [9.17, 15) is 27.6 Å². The van der Waals surface area contributed by atoms with Crippen molar-refractivity contribution in [3.05, 3.63) is 67.5 Å². The zero-order valence-corrected chi connectivity index (χ0v) is 11.8. The molecule has 2 rings (SSSR count). The number of nitrogens with one attached hydrogen (secondary N) is 1. The summed E-state index contributed by atoms with van der Waals surface area (Å²) < 4.78 is 39.5. The fourth-order valence-electron chi connectivity index (χ4n) is 2.12. The van der Waals surface area contributed by atoms with Crippen LogP contribution in [-0.2, 0) is 12.7 Å². The molecule has 2 N–H and O–H groups in total. The van der Waals surface area contributed by atoms with Crippen LogP contribution in [0.5, 0.6) is 0 Å². The van der Waals surface area contributed by atoms with Gasteiger partial charge in [-0.1, -0.05) is 12.1 Å². The molecule has 122 valence electrons. The van der Waals surface area contributed by atoms with E-state index >= 15 is 0 Å². The number of aromatic nitrogens is 2. The number of halogens is 3. The fraction of sp³-hybridized carbons (Fsp3) is 0.214. The lowest BCUT2D eigenvalue weighted by atomic mass is 10.0. The predicted molar refractivity (Wildman–Crippen MR) is 73.6 cm³/mol. The quantitative estimate of drug-likeness (QED) is 0.895. The minimum absolute atomic E-state index is 0.0741. The molecular formula is C14H11F3N2O4. The van der Waals surface area contributed by atoms with Crippen molar-refractivity contribution in [2.24, 2.45) is 0 Å². The Balaban J connectivity index is 2.53. The Labute approximate surface area is 126 Å². The number of nitrogens with zero attached hydrogens (tertiary/aromatic N) is 1. The number of hydrogen-bond acceptors (Lipinski definition) is 3. The van der Waals surface area contributed by atoms with E-state index in [1.165, 1.54) is 19.1 Å². The van der Waals surface area contributed by atoms with Crippen LogP contribution in [0.15, 0.2) is 34.0 Å². The Morgan fingerprint density at radius 3 is 2.52 bits per heavy atom. The minimum atomic E-state index is -4.54. The molecule has 0 aliphatic rings. The Morgan fingerprint density at radius 2 is 1.96 bits per heavy atom. The summed E-state index contributed by atoms with van der Waals surface area (Å²) in [5, 5.41) is 8.87. The van der Waals surface area contributed by atoms with Crippen LogP contribution < -0.4 is 11.2 Å². The van der Waals surface area contributed by atoms with Crippen LogP contribution in [0, 0.1) is 6.92 Å². The topological polar surface area (TPSA) is 92.2 Å². The number of alkyl halides is 3. The largest absolute Gasteiger partial charge is 0.477 e. The number of carboxylic acid groups (broad SMARTS) is 1. The van der Waals surface area contributed by atoms with Gasteiger partial charge in [0.1, 0.15) is 5.56 Å². The second-order valence-electron chi connectivity index (χ2n) is 4.82. The lowest BCUT2D eigenvalue weighted by molar-refractivity contribution is -0.138. The average molecular weight is 328 g/mol. The van der Waals surface area contributed by atoms with E-state index in [1.54, 1.807) is 0 Å². The minimum Gasteiger partial charge on any atom is -0.477 e. The monoisotopic (exact) mass is 328 g/mol. The van der Waals surface area contributed by atoms with E-state index in [2.05, 4.69) is 0 Å². The number of carboxylic acids is 1. The van der Waals surface area contributed by atoms with Crippen LogP contribution >= 0.6 is 0 Å². The molecule has 0 amide bonds. The summed E-state index contributed by atoms with van der Waals surface area (Å²) in [6.45, 7) is 0.957. The summed E-state index contributed by atoms with van der Waals surface area (Å²) in [5.41, 5.74) is -3.38. The number of H-pyrrole nitrogens is 1. The number of benzene rings is 1. The van der Waals surface area contributed by atoms with Crippen molar-refractivity contribution in [1.29, 1.82) is 0 Å². The molecule has 0 saturated heterocycles. The SMILES string of the molecule is Cc1c(Cn2cc(C(=O)O)c(=O)[nH]c2=O)cccc1C(F)(F)F. The van der Waals surface area contributed by atoms with Gasteiger partial charge in [0.2, 0.25) is 0 Å². The first kappa shape index (κ1) is 16.5. The second-order valence-corrected chi connectivity index (χ2v) is 4.82. The van der Waals surface area contributed by atoms with Crippen molar-refractivity contribution < 1.29 is 23.1 Å². The van der Waals surface area contributed by atoms with Crippen molar-refractivity contribution in [2.45, 2.75) is 19.6 Å². The summed E-state index contributed by atoms with van der Waals surface area (Å²) in [6, 6.07) is 3.50. The second kappa shape index (κ2) is 5.75. The third-order valence-corrected chi connectivity index (χ3v) is 3.33. The molecule has 0 aliphatic heterocycles. The Morgan fingerprint density at radius 1 is 1.30 bits per heavy atom. The zero-order chi connectivity index (χ0) is 17.4. The Hall–Kier alpha value is -2.84. The van der Waals surface area contributed by atoms with Crippen LogP contribution in [0.4, 0.5) is 13.2 Å². The van der Waals surface area contributed by atoms with E-state index < -0.39 is 34.5 Å². The molecule has 0 aliphatic carbocycles. The van der Waals surface area contributed by atoms with Gasteiger partial charge >= 0.3 is 17.8 Å². The molecule has 1 aromatic carbocycles. The summed E-state index contributed by atoms with van der Waals surface area (Å²) in [4.78, 5) is 35.8. The molecule has 0 spiro atoms. The van der Waals surface area contributed by atoms with Crippen molar-refractivity contribution in [1.82, 2.24) is 9.55 Å². The number of rotatable bonds is 3. The van der Waals surface area contributed by atoms with Crippen molar-refractivity contribution in [3.8, 4) is 0 Å². The molecule has 0 unspecified atom stereocenters. The molecule has 0 radical (unpaired) electrons. The Kier molecular flexibility index (Phi) is 4.13. The van der Waals surface area contributed by atoms with Crippen LogP contribution in [0.2, 0.25) is 0 Å². The van der Waals surface area contributed by atoms with Crippen molar-refractivity contribution >= 4 is 5.97 Å². The number of hydrogen-bond donors (Lipinski definition) is 2. The maximum Gasteiger partial charge on any atom is 0.416 e. The fourth-order valence-corrected chi connectivity index (χ4v) is 2.12. The first-order valence-corrected chi connectivity index (χ1v) is 6.34. The number of carbonyl (C=O) groups is 1. The molecule has 9 heteroatoms. The summed E-state index contributed by atoms with van der Waals surface area (Å²) in [5.74, 6) is -1.54. The van der Waals surface area contributed by atoms with Gasteiger partial charge in [-0.2, -0.15) is 13.2 Å². The summed E-state index contributed by atoms with van der Waals surface area (Å²) >= 11 is 0. The molecule has 0 fully saturated rings. The summed E-state index contributed by atoms with van der Waals surface area (Å²) in [6.07, 6.45) is -3.73. The molecule has 1 aromatic heterocycles. The third-order valence-electron chi connectivity index (χ3n) is 3.33. The van der Waals surface area contributed by atoms with E-state index in [-0.39, 0.29) is 17.7 Å². The van der Waals surface area contributed by atoms with Gasteiger partial charge in [0, 0.05) is 6.20 Å². The molecule has 23 heavy (non-hydrogen) atoms. The first-order valence-electron chi connectivity index (χ1n) is 6.34. The van der Waals surface area contributed by atoms with Gasteiger partial charge in [-0.15, -0.1) is 0 Å². The molecule has 0 atom stereocenters. The van der Waals surface area contributed by atoms with Gasteiger partial charge in [0.15, 0.2) is 0 Å². The van der Waals surface area contributed by atoms with E-state index in [0.29, 0.717) is 0 Å². The van der Waals surface area contributed by atoms with Crippen LogP contribution in [0.1, 0.15) is 27.0 Å². The van der Waals surface area contributed by atoms with E-state index in [0.717, 1.165) is 16.8 Å². The van der Waals surface area contributed by atoms with E-state index in [1.807, 2.05) is 4.98 Å². The molecule has 1 heterocycles. The number of aromatic amines is 1. The van der Waals surface area contributed by atoms with Gasteiger partial charge in [0.05, 0.1) is 12.1 Å². The molecule has 6 nitrogen and oxygen atoms in total. The van der Waals surface area contributed by atoms with Gasteiger partial charge < -0.3 is 5.11 Å². The number of aromatic carboxylic acids is 1. The average Bonchev–Trinajstić information content (AvgIpc) is 2.42. The normalized spacial score (nSPS) is 11.5. The van der Waals surface area contributed by atoms with Crippen molar-refractivity contribution in [2.75, 3.05) is 0 Å². The van der Waals surface area contributed by atoms with Gasteiger partial charge in [-0.3, -0.25) is 14.3 Å². The van der Waals surface area contributed by atoms with E-state index in [4.69, 9.17) is 5.11 Å². The van der Waals surface area contributed by atoms with Gasteiger partial charge in [-0.05, 0) is 24.1 Å². The molecule has 2 aromatic rings. The third kappa shape index (κ3) is 3.33. The zero-order valence-electron chi connectivity index (χ0n) is 11.8. The molecular weight excluding hydrogens is 317 g/mol. The predicted octanol–water partition coefficient (Wildman–Crippen LogP) is 1.61. The lowest BCUT2D eigenvalue weighted by Crippen LogP contribution is -2.33. The summed E-state index contributed by atoms with van der Waals surface area (Å²) in [7, 11) is 0.